The molecule has 0 saturated carbocycles. The zero-order chi connectivity index (χ0) is 14.9. The summed E-state index contributed by atoms with van der Waals surface area (Å²) in [5.74, 6) is -0.0277. The highest BCUT2D eigenvalue weighted by Crippen LogP contribution is 2.33. The topological polar surface area (TPSA) is 70.0 Å². The summed E-state index contributed by atoms with van der Waals surface area (Å²) in [5, 5.41) is 12.2. The Labute approximate surface area is 127 Å². The van der Waals surface area contributed by atoms with E-state index in [2.05, 4.69) is 5.16 Å². The first-order valence-electron chi connectivity index (χ1n) is 6.37. The second-order valence-electron chi connectivity index (χ2n) is 4.83. The van der Waals surface area contributed by atoms with Crippen LogP contribution in [0.15, 0.2) is 15.4 Å². The number of hydrogen-bond acceptors (Lipinski definition) is 5. The van der Waals surface area contributed by atoms with Crippen molar-refractivity contribution in [3.8, 4) is 0 Å². The Bertz CT molecular complexity index is 605. The van der Waals surface area contributed by atoms with Crippen LogP contribution in [0.1, 0.15) is 25.3 Å². The van der Waals surface area contributed by atoms with Gasteiger partial charge in [0.25, 0.3) is 10.0 Å². The Kier molecular flexibility index (Phi) is 4.73. The third-order valence-corrected chi connectivity index (χ3v) is 7.43. The van der Waals surface area contributed by atoms with Crippen molar-refractivity contribution >= 4 is 38.7 Å². The summed E-state index contributed by atoms with van der Waals surface area (Å²) in [4.78, 5) is 0. The highest BCUT2D eigenvalue weighted by atomic mass is 35.5. The largest absolute Gasteiger partial charge is 0.411 e. The van der Waals surface area contributed by atoms with Gasteiger partial charge in [-0.3, -0.25) is 0 Å². The van der Waals surface area contributed by atoms with Crippen molar-refractivity contribution in [2.45, 2.75) is 30.9 Å². The highest BCUT2D eigenvalue weighted by molar-refractivity contribution is 7.91. The summed E-state index contributed by atoms with van der Waals surface area (Å²) in [7, 11) is -3.51. The monoisotopic (exact) mass is 336 g/mol. The Morgan fingerprint density at radius 3 is 2.80 bits per heavy atom. The molecule has 2 heterocycles. The number of piperidine rings is 1. The maximum Gasteiger partial charge on any atom is 0.252 e. The minimum Gasteiger partial charge on any atom is -0.411 e. The van der Waals surface area contributed by atoms with Crippen molar-refractivity contribution in [3.05, 3.63) is 16.0 Å². The summed E-state index contributed by atoms with van der Waals surface area (Å²) in [6, 6.07) is 1.61. The Morgan fingerprint density at radius 2 is 2.30 bits per heavy atom. The molecule has 2 rings (SSSR count). The van der Waals surface area contributed by atoms with Crippen molar-refractivity contribution in [1.82, 2.24) is 4.31 Å². The van der Waals surface area contributed by atoms with Gasteiger partial charge >= 0.3 is 0 Å². The molecule has 1 atom stereocenters. The van der Waals surface area contributed by atoms with E-state index in [1.165, 1.54) is 4.31 Å². The van der Waals surface area contributed by atoms with Crippen LogP contribution in [0.3, 0.4) is 0 Å². The van der Waals surface area contributed by atoms with Crippen molar-refractivity contribution in [2.24, 2.45) is 11.1 Å². The van der Waals surface area contributed by atoms with Gasteiger partial charge in [-0.15, -0.1) is 11.3 Å². The SMILES string of the molecule is CCC1CN(S(=O)(=O)c2cc(C)c(Cl)s2)CCC1=NO. The lowest BCUT2D eigenvalue weighted by Gasteiger charge is -2.31. The molecule has 0 bridgehead atoms. The molecule has 0 aromatic carbocycles. The molecule has 8 heteroatoms. The first-order valence-corrected chi connectivity index (χ1v) is 9.00. The fourth-order valence-corrected chi connectivity index (χ4v) is 5.64. The zero-order valence-corrected chi connectivity index (χ0v) is 13.7. The molecule has 1 saturated heterocycles. The molecule has 0 radical (unpaired) electrons. The summed E-state index contributed by atoms with van der Waals surface area (Å²) < 4.78 is 27.4. The Morgan fingerprint density at radius 1 is 1.60 bits per heavy atom. The van der Waals surface area contributed by atoms with Gasteiger partial charge in [-0.1, -0.05) is 23.7 Å². The van der Waals surface area contributed by atoms with Crippen LogP contribution >= 0.6 is 22.9 Å². The molecule has 20 heavy (non-hydrogen) atoms. The summed E-state index contributed by atoms with van der Waals surface area (Å²) in [6.07, 6.45) is 1.21. The van der Waals surface area contributed by atoms with E-state index in [4.69, 9.17) is 16.8 Å². The summed E-state index contributed by atoms with van der Waals surface area (Å²) in [6.45, 7) is 4.44. The molecular formula is C12H17ClN2O3S2. The smallest absolute Gasteiger partial charge is 0.252 e. The number of oxime groups is 1. The van der Waals surface area contributed by atoms with Gasteiger partial charge in [0.1, 0.15) is 4.21 Å². The van der Waals surface area contributed by atoms with Crippen LogP contribution in [-0.4, -0.2) is 36.7 Å². The van der Waals surface area contributed by atoms with E-state index < -0.39 is 10.0 Å². The molecule has 5 nitrogen and oxygen atoms in total. The van der Waals surface area contributed by atoms with Crippen LogP contribution < -0.4 is 0 Å². The van der Waals surface area contributed by atoms with Crippen molar-refractivity contribution in [3.63, 3.8) is 0 Å². The van der Waals surface area contributed by atoms with E-state index in [1.807, 2.05) is 6.92 Å². The lowest BCUT2D eigenvalue weighted by atomic mass is 9.95. The molecule has 112 valence electrons. The van der Waals surface area contributed by atoms with Crippen LogP contribution in [-0.2, 0) is 10.0 Å². The van der Waals surface area contributed by atoms with E-state index in [-0.39, 0.29) is 10.1 Å². The highest BCUT2D eigenvalue weighted by Gasteiger charge is 2.34. The Hall–Kier alpha value is -0.630. The minimum absolute atomic E-state index is 0.0277. The maximum absolute atomic E-state index is 12.6. The fourth-order valence-electron chi connectivity index (χ4n) is 2.29. The third-order valence-electron chi connectivity index (χ3n) is 3.56. The number of hydrogen-bond donors (Lipinski definition) is 1. The second-order valence-corrected chi connectivity index (χ2v) is 8.65. The molecule has 1 aromatic heterocycles. The van der Waals surface area contributed by atoms with E-state index in [9.17, 15) is 8.42 Å². The first-order chi connectivity index (χ1) is 9.40. The van der Waals surface area contributed by atoms with Gasteiger partial charge in [-0.2, -0.15) is 4.31 Å². The standard InChI is InChI=1S/C12H17ClN2O3S2/c1-3-9-7-15(5-4-10(9)14-16)20(17,18)11-6-8(2)12(13)19-11/h6,9,16H,3-5,7H2,1-2H3. The maximum atomic E-state index is 12.6. The zero-order valence-electron chi connectivity index (χ0n) is 11.3. The third kappa shape index (κ3) is 2.86. The predicted molar refractivity (Wildman–Crippen MR) is 80.4 cm³/mol. The van der Waals surface area contributed by atoms with Crippen molar-refractivity contribution < 1.29 is 13.6 Å². The molecule has 1 aliphatic heterocycles. The number of sulfonamides is 1. The first kappa shape index (κ1) is 15.8. The van der Waals surface area contributed by atoms with E-state index >= 15 is 0 Å². The second kappa shape index (κ2) is 6.01. The van der Waals surface area contributed by atoms with Gasteiger partial charge in [0.2, 0.25) is 0 Å². The number of nitrogens with zero attached hydrogens (tertiary/aromatic N) is 2. The van der Waals surface area contributed by atoms with Crippen LogP contribution in [0, 0.1) is 12.8 Å². The molecule has 1 unspecified atom stereocenters. The molecule has 1 aromatic rings. The van der Waals surface area contributed by atoms with Crippen LogP contribution in [0.4, 0.5) is 0 Å². The average molecular weight is 337 g/mol. The van der Waals surface area contributed by atoms with E-state index in [0.717, 1.165) is 23.3 Å². The van der Waals surface area contributed by atoms with E-state index in [1.54, 1.807) is 13.0 Å². The summed E-state index contributed by atoms with van der Waals surface area (Å²) in [5.41, 5.74) is 1.45. The van der Waals surface area contributed by atoms with Gasteiger partial charge in [-0.25, -0.2) is 8.42 Å². The minimum atomic E-state index is -3.51. The van der Waals surface area contributed by atoms with Gasteiger partial charge in [0, 0.05) is 25.4 Å². The van der Waals surface area contributed by atoms with Gasteiger partial charge in [0.15, 0.2) is 0 Å². The molecule has 0 spiro atoms. The lowest BCUT2D eigenvalue weighted by Crippen LogP contribution is -2.43. The van der Waals surface area contributed by atoms with Gasteiger partial charge in [-0.05, 0) is 25.0 Å². The van der Waals surface area contributed by atoms with Crippen LogP contribution in [0.25, 0.3) is 0 Å². The Balaban J connectivity index is 2.27. The van der Waals surface area contributed by atoms with Crippen molar-refractivity contribution in [2.75, 3.05) is 13.1 Å². The van der Waals surface area contributed by atoms with Gasteiger partial charge < -0.3 is 5.21 Å². The number of rotatable bonds is 3. The quantitative estimate of drug-likeness (QED) is 0.681. The van der Waals surface area contributed by atoms with Crippen LogP contribution in [0.2, 0.25) is 4.34 Å². The number of aryl methyl sites for hydroxylation is 1. The number of thiophene rings is 1. The lowest BCUT2D eigenvalue weighted by molar-refractivity contribution is 0.296. The van der Waals surface area contributed by atoms with E-state index in [0.29, 0.717) is 29.6 Å². The number of halogens is 1. The molecule has 1 aliphatic rings. The molecule has 0 aliphatic carbocycles. The van der Waals surface area contributed by atoms with Crippen LogP contribution in [0.5, 0.6) is 0 Å². The van der Waals surface area contributed by atoms with Gasteiger partial charge in [0.05, 0.1) is 10.0 Å². The predicted octanol–water partition coefficient (Wildman–Crippen LogP) is 2.96. The van der Waals surface area contributed by atoms with Crippen molar-refractivity contribution in [1.29, 1.82) is 0 Å². The molecule has 1 N–H and O–H groups in total. The molecular weight excluding hydrogens is 320 g/mol. The fraction of sp³-hybridized carbons (Fsp3) is 0.583. The normalized spacial score (nSPS) is 23.4. The molecule has 1 fully saturated rings. The summed E-state index contributed by atoms with van der Waals surface area (Å²) >= 11 is 7.05. The average Bonchev–Trinajstić information content (AvgIpc) is 2.78. The molecule has 0 amide bonds.